The van der Waals surface area contributed by atoms with E-state index >= 15 is 0 Å². The topological polar surface area (TPSA) is 84.5 Å². The van der Waals surface area contributed by atoms with Crippen LogP contribution in [0, 0.1) is 13.8 Å². The van der Waals surface area contributed by atoms with E-state index in [0.717, 1.165) is 22.4 Å². The summed E-state index contributed by atoms with van der Waals surface area (Å²) in [6.45, 7) is 5.33. The van der Waals surface area contributed by atoms with E-state index in [4.69, 9.17) is 4.74 Å². The van der Waals surface area contributed by atoms with Crippen molar-refractivity contribution in [3.8, 4) is 0 Å². The first-order chi connectivity index (χ1) is 13.3. The number of amides is 2. The number of rotatable bonds is 8. The van der Waals surface area contributed by atoms with Crippen LogP contribution in [0.15, 0.2) is 48.5 Å². The zero-order chi connectivity index (χ0) is 20.5. The first kappa shape index (κ1) is 21.2. The van der Waals surface area contributed by atoms with Gasteiger partial charge in [-0.2, -0.15) is 0 Å². The number of benzene rings is 2. The molecule has 2 rings (SSSR count). The minimum Gasteiger partial charge on any atom is -0.456 e. The number of aryl methyl sites for hydroxylation is 2. The highest BCUT2D eigenvalue weighted by molar-refractivity contribution is 5.93. The van der Waals surface area contributed by atoms with E-state index < -0.39 is 5.97 Å². The Hall–Kier alpha value is -3.15. The predicted octanol–water partition coefficient (Wildman–Crippen LogP) is 3.44. The Kier molecular flexibility index (Phi) is 7.75. The zero-order valence-electron chi connectivity index (χ0n) is 16.5. The number of carbonyl (C=O) groups excluding carboxylic acids is 3. The predicted molar refractivity (Wildman–Crippen MR) is 108 cm³/mol. The van der Waals surface area contributed by atoms with Gasteiger partial charge in [0.05, 0.1) is 12.5 Å². The van der Waals surface area contributed by atoms with Crippen molar-refractivity contribution in [3.63, 3.8) is 0 Å². The fourth-order valence-corrected chi connectivity index (χ4v) is 2.63. The summed E-state index contributed by atoms with van der Waals surface area (Å²) in [5.74, 6) is -1.24. The normalized spacial score (nSPS) is 11.4. The molecule has 1 atom stereocenters. The van der Waals surface area contributed by atoms with Crippen LogP contribution in [-0.4, -0.2) is 24.4 Å². The van der Waals surface area contributed by atoms with Crippen LogP contribution in [0.2, 0.25) is 0 Å². The molecule has 2 amide bonds. The van der Waals surface area contributed by atoms with Crippen LogP contribution >= 0.6 is 0 Å². The van der Waals surface area contributed by atoms with Crippen molar-refractivity contribution >= 4 is 23.5 Å². The molecule has 2 N–H and O–H groups in total. The lowest BCUT2D eigenvalue weighted by Crippen LogP contribution is -2.31. The molecule has 0 saturated heterocycles. The number of anilines is 1. The first-order valence-electron chi connectivity index (χ1n) is 9.22. The molecule has 0 aliphatic heterocycles. The second-order valence-electron chi connectivity index (χ2n) is 6.73. The molecule has 0 unspecified atom stereocenters. The minimum absolute atomic E-state index is 0.00570. The van der Waals surface area contributed by atoms with E-state index in [1.807, 2.05) is 69.3 Å². The van der Waals surface area contributed by atoms with Gasteiger partial charge in [0, 0.05) is 12.1 Å². The molecule has 0 saturated carbocycles. The Morgan fingerprint density at radius 3 is 2.39 bits per heavy atom. The molecule has 0 aliphatic carbocycles. The van der Waals surface area contributed by atoms with Gasteiger partial charge in [-0.05, 0) is 43.5 Å². The quantitative estimate of drug-likeness (QED) is 0.685. The van der Waals surface area contributed by atoms with Gasteiger partial charge in [0.2, 0.25) is 5.91 Å². The Balaban J connectivity index is 1.70. The van der Waals surface area contributed by atoms with Gasteiger partial charge in [-0.25, -0.2) is 0 Å². The Labute approximate surface area is 165 Å². The highest BCUT2D eigenvalue weighted by atomic mass is 16.5. The summed E-state index contributed by atoms with van der Waals surface area (Å²) in [6, 6.07) is 15.1. The third-order valence-corrected chi connectivity index (χ3v) is 4.26. The Morgan fingerprint density at radius 1 is 0.964 bits per heavy atom. The molecular weight excluding hydrogens is 356 g/mol. The summed E-state index contributed by atoms with van der Waals surface area (Å²) in [6.07, 6.45) is -0.0908. The monoisotopic (exact) mass is 382 g/mol. The largest absolute Gasteiger partial charge is 0.456 e. The maximum atomic E-state index is 12.0. The molecule has 0 fully saturated rings. The lowest BCUT2D eigenvalue weighted by atomic mass is 10.1. The number of nitrogens with one attached hydrogen (secondary N) is 2. The molecule has 6 nitrogen and oxygen atoms in total. The van der Waals surface area contributed by atoms with Gasteiger partial charge >= 0.3 is 5.97 Å². The highest BCUT2D eigenvalue weighted by Gasteiger charge is 2.13. The molecular formula is C22H26N2O4. The number of ether oxygens (including phenoxy) is 1. The SMILES string of the molecule is Cc1ccc(C)c(NC(=O)CCC(=O)OCC(=O)N[C@H](C)c2ccccc2)c1. The molecule has 2 aromatic carbocycles. The first-order valence-corrected chi connectivity index (χ1v) is 9.22. The summed E-state index contributed by atoms with van der Waals surface area (Å²) >= 11 is 0. The van der Waals surface area contributed by atoms with Gasteiger partial charge in [0.1, 0.15) is 0 Å². The molecule has 148 valence electrons. The number of hydrogen-bond acceptors (Lipinski definition) is 4. The van der Waals surface area contributed by atoms with Crippen molar-refractivity contribution in [2.45, 2.75) is 39.7 Å². The average molecular weight is 382 g/mol. The minimum atomic E-state index is -0.585. The molecule has 0 radical (unpaired) electrons. The summed E-state index contributed by atoms with van der Waals surface area (Å²) in [5.41, 5.74) is 3.68. The number of esters is 1. The molecule has 0 spiro atoms. The van der Waals surface area contributed by atoms with E-state index in [-0.39, 0.29) is 37.3 Å². The maximum absolute atomic E-state index is 12.0. The zero-order valence-corrected chi connectivity index (χ0v) is 16.5. The fraction of sp³-hybridized carbons (Fsp3) is 0.318. The van der Waals surface area contributed by atoms with Crippen molar-refractivity contribution in [3.05, 3.63) is 65.2 Å². The summed E-state index contributed by atoms with van der Waals surface area (Å²) in [4.78, 5) is 35.7. The van der Waals surface area contributed by atoms with E-state index in [2.05, 4.69) is 10.6 Å². The maximum Gasteiger partial charge on any atom is 0.306 e. The van der Waals surface area contributed by atoms with Crippen LogP contribution < -0.4 is 10.6 Å². The molecule has 2 aromatic rings. The van der Waals surface area contributed by atoms with Crippen molar-refractivity contribution in [1.82, 2.24) is 5.32 Å². The molecule has 0 heterocycles. The van der Waals surface area contributed by atoms with Crippen LogP contribution in [-0.2, 0) is 19.1 Å². The van der Waals surface area contributed by atoms with Gasteiger partial charge in [0.15, 0.2) is 6.61 Å². The van der Waals surface area contributed by atoms with Gasteiger partial charge in [-0.3, -0.25) is 14.4 Å². The van der Waals surface area contributed by atoms with Crippen molar-refractivity contribution in [2.75, 3.05) is 11.9 Å². The van der Waals surface area contributed by atoms with Gasteiger partial charge in [-0.15, -0.1) is 0 Å². The lowest BCUT2D eigenvalue weighted by Gasteiger charge is -2.14. The van der Waals surface area contributed by atoms with E-state index in [9.17, 15) is 14.4 Å². The van der Waals surface area contributed by atoms with Gasteiger partial charge < -0.3 is 15.4 Å². The third-order valence-electron chi connectivity index (χ3n) is 4.26. The second kappa shape index (κ2) is 10.3. The highest BCUT2D eigenvalue weighted by Crippen LogP contribution is 2.16. The summed E-state index contributed by atoms with van der Waals surface area (Å²) in [7, 11) is 0. The lowest BCUT2D eigenvalue weighted by molar-refractivity contribution is -0.149. The molecule has 28 heavy (non-hydrogen) atoms. The third kappa shape index (κ3) is 6.87. The molecule has 0 bridgehead atoms. The standard InChI is InChI=1S/C22H26N2O4/c1-15-9-10-16(2)19(13-15)24-20(25)11-12-22(27)28-14-21(26)23-17(3)18-7-5-4-6-8-18/h4-10,13,17H,11-12,14H2,1-3H3,(H,23,26)(H,24,25)/t17-/m1/s1. The summed E-state index contributed by atoms with van der Waals surface area (Å²) in [5, 5.41) is 5.55. The van der Waals surface area contributed by atoms with Gasteiger partial charge in [-0.1, -0.05) is 42.5 Å². The van der Waals surface area contributed by atoms with E-state index in [1.54, 1.807) is 0 Å². The Bertz CT molecular complexity index is 834. The van der Waals surface area contributed by atoms with Crippen molar-refractivity contribution in [2.24, 2.45) is 0 Å². The second-order valence-corrected chi connectivity index (χ2v) is 6.73. The fourth-order valence-electron chi connectivity index (χ4n) is 2.63. The molecule has 0 aliphatic rings. The Morgan fingerprint density at radius 2 is 1.68 bits per heavy atom. The number of hydrogen-bond donors (Lipinski definition) is 2. The van der Waals surface area contributed by atoms with Crippen molar-refractivity contribution in [1.29, 1.82) is 0 Å². The average Bonchev–Trinajstić information content (AvgIpc) is 2.68. The molecule has 0 aromatic heterocycles. The van der Waals surface area contributed by atoms with Gasteiger partial charge in [0.25, 0.3) is 5.91 Å². The van der Waals surface area contributed by atoms with E-state index in [0.29, 0.717) is 0 Å². The van der Waals surface area contributed by atoms with Crippen LogP contribution in [0.5, 0.6) is 0 Å². The molecule has 6 heteroatoms. The van der Waals surface area contributed by atoms with E-state index in [1.165, 1.54) is 0 Å². The summed E-state index contributed by atoms with van der Waals surface area (Å²) < 4.78 is 4.95. The van der Waals surface area contributed by atoms with Crippen LogP contribution in [0.1, 0.15) is 42.5 Å². The van der Waals surface area contributed by atoms with Crippen molar-refractivity contribution < 1.29 is 19.1 Å². The number of carbonyl (C=O) groups is 3. The van der Waals surface area contributed by atoms with Crippen LogP contribution in [0.3, 0.4) is 0 Å². The van der Waals surface area contributed by atoms with Crippen LogP contribution in [0.25, 0.3) is 0 Å². The smallest absolute Gasteiger partial charge is 0.306 e. The van der Waals surface area contributed by atoms with Crippen LogP contribution in [0.4, 0.5) is 5.69 Å².